The third kappa shape index (κ3) is 3.45. The van der Waals surface area contributed by atoms with Crippen LogP contribution in [0.5, 0.6) is 0 Å². The number of hydrogen-bond acceptors (Lipinski definition) is 2. The predicted molar refractivity (Wildman–Crippen MR) is 67.4 cm³/mol. The van der Waals surface area contributed by atoms with Crippen molar-refractivity contribution in [1.82, 2.24) is 4.90 Å². The highest BCUT2D eigenvalue weighted by Crippen LogP contribution is 2.24. The molecule has 0 aromatic heterocycles. The molecule has 0 amide bonds. The van der Waals surface area contributed by atoms with E-state index >= 15 is 0 Å². The smallest absolute Gasteiger partial charge is 0.0531 e. The molecule has 0 aromatic rings. The van der Waals surface area contributed by atoms with Crippen LogP contribution in [0.15, 0.2) is 16.8 Å². The maximum absolute atomic E-state index is 4.50. The number of nitrogens with zero attached hydrogens (tertiary/aromatic N) is 2. The molecule has 15 heavy (non-hydrogen) atoms. The molecule has 2 heteroatoms. The molecule has 0 spiro atoms. The van der Waals surface area contributed by atoms with Crippen LogP contribution in [0, 0.1) is 0 Å². The summed E-state index contributed by atoms with van der Waals surface area (Å²) in [5.74, 6) is 0. The Morgan fingerprint density at radius 3 is 2.67 bits per heavy atom. The second-order valence-electron chi connectivity index (χ2n) is 4.01. The van der Waals surface area contributed by atoms with Gasteiger partial charge in [-0.05, 0) is 39.3 Å². The van der Waals surface area contributed by atoms with Gasteiger partial charge in [-0.1, -0.05) is 26.3 Å². The number of rotatable bonds is 1. The van der Waals surface area contributed by atoms with Crippen molar-refractivity contribution in [1.29, 1.82) is 0 Å². The molecule has 0 aliphatic carbocycles. The standard InChI is InChI=1S/C11H18N2.C2H6/c1-13-9-5-3-7-11(13)10-6-2-4-8-12-10;1-2/h6,8,11H,2-5,7,9H2,1H3;1-2H3. The molecule has 2 aliphatic rings. The molecule has 2 rings (SSSR count). The average Bonchev–Trinajstić information content (AvgIpc) is 2.33. The highest BCUT2D eigenvalue weighted by molar-refractivity contribution is 5.61. The van der Waals surface area contributed by atoms with E-state index in [9.17, 15) is 0 Å². The van der Waals surface area contributed by atoms with E-state index < -0.39 is 0 Å². The molecular weight excluding hydrogens is 184 g/mol. The van der Waals surface area contributed by atoms with E-state index in [2.05, 4.69) is 29.2 Å². The van der Waals surface area contributed by atoms with Crippen molar-refractivity contribution < 1.29 is 0 Å². The van der Waals surface area contributed by atoms with Crippen molar-refractivity contribution in [2.45, 2.75) is 52.0 Å². The van der Waals surface area contributed by atoms with Crippen molar-refractivity contribution >= 4 is 6.21 Å². The summed E-state index contributed by atoms with van der Waals surface area (Å²) in [6, 6.07) is 0.602. The van der Waals surface area contributed by atoms with E-state index in [1.54, 1.807) is 0 Å². The summed E-state index contributed by atoms with van der Waals surface area (Å²) < 4.78 is 0. The van der Waals surface area contributed by atoms with Crippen molar-refractivity contribution in [3.63, 3.8) is 0 Å². The minimum absolute atomic E-state index is 0.602. The zero-order valence-electron chi connectivity index (χ0n) is 10.4. The molecule has 0 radical (unpaired) electrons. The van der Waals surface area contributed by atoms with Crippen molar-refractivity contribution in [2.75, 3.05) is 13.6 Å². The van der Waals surface area contributed by atoms with Gasteiger partial charge >= 0.3 is 0 Å². The third-order valence-electron chi connectivity index (χ3n) is 3.00. The van der Waals surface area contributed by atoms with Crippen molar-refractivity contribution in [3.8, 4) is 0 Å². The van der Waals surface area contributed by atoms with Crippen LogP contribution in [0.3, 0.4) is 0 Å². The van der Waals surface area contributed by atoms with Crippen LogP contribution in [0.2, 0.25) is 0 Å². The van der Waals surface area contributed by atoms with Gasteiger partial charge in [-0.15, -0.1) is 0 Å². The van der Waals surface area contributed by atoms with E-state index in [1.807, 2.05) is 13.8 Å². The highest BCUT2D eigenvalue weighted by Gasteiger charge is 2.22. The lowest BCUT2D eigenvalue weighted by atomic mass is 9.98. The van der Waals surface area contributed by atoms with E-state index in [-0.39, 0.29) is 0 Å². The Morgan fingerprint density at radius 2 is 2.07 bits per heavy atom. The first-order chi connectivity index (χ1) is 7.38. The summed E-state index contributed by atoms with van der Waals surface area (Å²) in [5, 5.41) is 0. The monoisotopic (exact) mass is 208 g/mol. The SMILES string of the molecule is CC.CN1CCCCC1C1=CCCC=N1. The van der Waals surface area contributed by atoms with Crippen LogP contribution in [0.4, 0.5) is 0 Å². The molecule has 1 atom stereocenters. The Hall–Kier alpha value is -0.630. The Labute approximate surface area is 94.1 Å². The summed E-state index contributed by atoms with van der Waals surface area (Å²) in [4.78, 5) is 6.94. The van der Waals surface area contributed by atoms with Gasteiger partial charge in [-0.2, -0.15) is 0 Å². The molecule has 1 unspecified atom stereocenters. The van der Waals surface area contributed by atoms with Gasteiger partial charge in [0, 0.05) is 6.21 Å². The minimum Gasteiger partial charge on any atom is -0.298 e. The van der Waals surface area contributed by atoms with Gasteiger partial charge < -0.3 is 0 Å². The summed E-state index contributed by atoms with van der Waals surface area (Å²) >= 11 is 0. The molecule has 1 saturated heterocycles. The first kappa shape index (κ1) is 12.4. The molecule has 86 valence electrons. The van der Waals surface area contributed by atoms with Crippen LogP contribution in [-0.2, 0) is 0 Å². The number of likely N-dealkylation sites (N-methyl/N-ethyl adjacent to an activating group) is 1. The molecular formula is C13H24N2. The van der Waals surface area contributed by atoms with Gasteiger partial charge in [-0.25, -0.2) is 0 Å². The first-order valence-electron chi connectivity index (χ1n) is 6.31. The molecule has 0 bridgehead atoms. The van der Waals surface area contributed by atoms with E-state index in [0.29, 0.717) is 6.04 Å². The summed E-state index contributed by atoms with van der Waals surface area (Å²) in [6.45, 7) is 5.23. The fourth-order valence-corrected chi connectivity index (χ4v) is 2.20. The second kappa shape index (κ2) is 6.78. The van der Waals surface area contributed by atoms with Crippen molar-refractivity contribution in [3.05, 3.63) is 11.8 Å². The fourth-order valence-electron chi connectivity index (χ4n) is 2.20. The number of likely N-dealkylation sites (tertiary alicyclic amines) is 1. The number of allylic oxidation sites excluding steroid dienone is 1. The van der Waals surface area contributed by atoms with Crippen molar-refractivity contribution in [2.24, 2.45) is 4.99 Å². The fraction of sp³-hybridized carbons (Fsp3) is 0.769. The molecule has 2 nitrogen and oxygen atoms in total. The third-order valence-corrected chi connectivity index (χ3v) is 3.00. The van der Waals surface area contributed by atoms with Crippen LogP contribution >= 0.6 is 0 Å². The summed E-state index contributed by atoms with van der Waals surface area (Å²) in [5.41, 5.74) is 1.31. The number of aliphatic imine (C=N–C) groups is 1. The Balaban J connectivity index is 0.000000531. The summed E-state index contributed by atoms with van der Waals surface area (Å²) in [6.07, 6.45) is 10.7. The number of hydrogen-bond donors (Lipinski definition) is 0. The Morgan fingerprint density at radius 1 is 1.27 bits per heavy atom. The first-order valence-corrected chi connectivity index (χ1v) is 6.31. The Bertz CT molecular complexity index is 231. The maximum atomic E-state index is 4.50. The predicted octanol–water partition coefficient (Wildman–Crippen LogP) is 3.25. The zero-order chi connectivity index (χ0) is 11.1. The maximum Gasteiger partial charge on any atom is 0.0531 e. The minimum atomic E-state index is 0.602. The van der Waals surface area contributed by atoms with Gasteiger partial charge in [0.25, 0.3) is 0 Å². The van der Waals surface area contributed by atoms with E-state index in [4.69, 9.17) is 0 Å². The second-order valence-corrected chi connectivity index (χ2v) is 4.01. The molecule has 0 aromatic carbocycles. The van der Waals surface area contributed by atoms with Gasteiger partial charge in [0.2, 0.25) is 0 Å². The summed E-state index contributed by atoms with van der Waals surface area (Å²) in [7, 11) is 2.22. The quantitative estimate of drug-likeness (QED) is 0.646. The van der Waals surface area contributed by atoms with Gasteiger partial charge in [0.15, 0.2) is 0 Å². The average molecular weight is 208 g/mol. The molecule has 2 heterocycles. The largest absolute Gasteiger partial charge is 0.298 e. The van der Waals surface area contributed by atoms with E-state index in [0.717, 1.165) is 6.42 Å². The Kier molecular flexibility index (Phi) is 5.62. The van der Waals surface area contributed by atoms with E-state index in [1.165, 1.54) is 37.9 Å². The molecule has 0 N–H and O–H groups in total. The van der Waals surface area contributed by atoms with Crippen LogP contribution < -0.4 is 0 Å². The lowest BCUT2D eigenvalue weighted by Crippen LogP contribution is -2.37. The van der Waals surface area contributed by atoms with Gasteiger partial charge in [0.1, 0.15) is 0 Å². The van der Waals surface area contributed by atoms with Gasteiger partial charge in [-0.3, -0.25) is 9.89 Å². The van der Waals surface area contributed by atoms with Crippen LogP contribution in [0.25, 0.3) is 0 Å². The molecule has 2 aliphatic heterocycles. The topological polar surface area (TPSA) is 15.6 Å². The van der Waals surface area contributed by atoms with Gasteiger partial charge in [0.05, 0.1) is 11.7 Å². The van der Waals surface area contributed by atoms with Crippen LogP contribution in [-0.4, -0.2) is 30.7 Å². The normalized spacial score (nSPS) is 26.6. The zero-order valence-corrected chi connectivity index (χ0v) is 10.4. The molecule has 1 fully saturated rings. The lowest BCUT2D eigenvalue weighted by Gasteiger charge is -2.33. The lowest BCUT2D eigenvalue weighted by molar-refractivity contribution is 0.211. The number of piperidine rings is 1. The highest BCUT2D eigenvalue weighted by atomic mass is 15.1. The van der Waals surface area contributed by atoms with Crippen LogP contribution in [0.1, 0.15) is 46.0 Å². The molecule has 0 saturated carbocycles.